The number of hydrogen-bond donors (Lipinski definition) is 1. The number of aromatic nitrogens is 3. The van der Waals surface area contributed by atoms with Crippen LogP contribution in [0, 0.1) is 0 Å². The number of benzene rings is 1. The van der Waals surface area contributed by atoms with Crippen LogP contribution in [0.3, 0.4) is 0 Å². The molecule has 1 aliphatic heterocycles. The second-order valence-electron chi connectivity index (χ2n) is 5.62. The number of nitrogens with two attached hydrogens (primary N) is 1. The summed E-state index contributed by atoms with van der Waals surface area (Å²) >= 11 is 24.0. The molecule has 0 radical (unpaired) electrons. The minimum absolute atomic E-state index is 0.0855. The van der Waals surface area contributed by atoms with Crippen molar-refractivity contribution < 1.29 is 0 Å². The Morgan fingerprint density at radius 2 is 1.79 bits per heavy atom. The zero-order valence-electron chi connectivity index (χ0n) is 12.6. The first-order valence-electron chi connectivity index (χ1n) is 7.42. The van der Waals surface area contributed by atoms with Crippen LogP contribution in [-0.2, 0) is 3.79 Å². The topological polar surface area (TPSA) is 67.9 Å². The fraction of sp³-hybridized carbons (Fsp3) is 0.400. The lowest BCUT2D eigenvalue weighted by Crippen LogP contribution is -2.40. The fourth-order valence-corrected chi connectivity index (χ4v) is 2.93. The highest BCUT2D eigenvalue weighted by atomic mass is 35.6. The summed E-state index contributed by atoms with van der Waals surface area (Å²) in [6.45, 7) is 1.50. The van der Waals surface area contributed by atoms with Gasteiger partial charge < -0.3 is 10.6 Å². The lowest BCUT2D eigenvalue weighted by atomic mass is 10.1. The Morgan fingerprint density at radius 3 is 2.42 bits per heavy atom. The van der Waals surface area contributed by atoms with Gasteiger partial charge in [-0.2, -0.15) is 9.97 Å². The molecule has 1 aliphatic rings. The van der Waals surface area contributed by atoms with Crippen LogP contribution in [0.5, 0.6) is 0 Å². The van der Waals surface area contributed by atoms with Gasteiger partial charge in [0.1, 0.15) is 0 Å². The van der Waals surface area contributed by atoms with Crippen LogP contribution < -0.4 is 10.6 Å². The first kappa shape index (κ1) is 18.0. The van der Waals surface area contributed by atoms with Gasteiger partial charge in [0.15, 0.2) is 11.6 Å². The summed E-state index contributed by atoms with van der Waals surface area (Å²) in [4.78, 5) is 15.2. The summed E-state index contributed by atoms with van der Waals surface area (Å²) in [5.74, 6) is 0.981. The third-order valence-electron chi connectivity index (χ3n) is 3.78. The first-order valence-corrected chi connectivity index (χ1v) is 8.94. The van der Waals surface area contributed by atoms with Crippen molar-refractivity contribution in [2.75, 3.05) is 18.0 Å². The normalized spacial score (nSPS) is 16.5. The van der Waals surface area contributed by atoms with E-state index in [9.17, 15) is 0 Å². The number of halogens is 4. The van der Waals surface area contributed by atoms with Crippen molar-refractivity contribution in [3.8, 4) is 11.4 Å². The van der Waals surface area contributed by atoms with Gasteiger partial charge in [-0.25, -0.2) is 4.98 Å². The molecule has 1 fully saturated rings. The van der Waals surface area contributed by atoms with Crippen LogP contribution in [0.1, 0.15) is 18.7 Å². The molecule has 0 unspecified atom stereocenters. The summed E-state index contributed by atoms with van der Waals surface area (Å²) in [6.07, 6.45) is 1.72. The van der Waals surface area contributed by atoms with E-state index in [1.54, 1.807) is 12.1 Å². The molecule has 128 valence electrons. The zero-order chi connectivity index (χ0) is 17.3. The van der Waals surface area contributed by atoms with Gasteiger partial charge >= 0.3 is 0 Å². The molecule has 0 bridgehead atoms. The second-order valence-corrected chi connectivity index (χ2v) is 8.33. The van der Waals surface area contributed by atoms with Crippen molar-refractivity contribution >= 4 is 52.4 Å². The monoisotopic (exact) mass is 405 g/mol. The minimum Gasteiger partial charge on any atom is -0.341 e. The molecule has 2 N–H and O–H groups in total. The van der Waals surface area contributed by atoms with E-state index in [0.717, 1.165) is 31.5 Å². The van der Waals surface area contributed by atoms with Crippen LogP contribution in [0.4, 0.5) is 5.95 Å². The Morgan fingerprint density at radius 1 is 1.08 bits per heavy atom. The number of alkyl halides is 3. The molecular formula is C15H15Cl4N5. The molecule has 1 aromatic heterocycles. The van der Waals surface area contributed by atoms with Crippen molar-refractivity contribution in [3.63, 3.8) is 0 Å². The lowest BCUT2D eigenvalue weighted by molar-refractivity contribution is 0.494. The summed E-state index contributed by atoms with van der Waals surface area (Å²) in [5.41, 5.74) is 6.69. The van der Waals surface area contributed by atoms with Gasteiger partial charge in [0.25, 0.3) is 0 Å². The molecule has 24 heavy (non-hydrogen) atoms. The van der Waals surface area contributed by atoms with Gasteiger partial charge in [0, 0.05) is 29.7 Å². The highest BCUT2D eigenvalue weighted by Crippen LogP contribution is 2.37. The summed E-state index contributed by atoms with van der Waals surface area (Å²) in [7, 11) is 0. The Balaban J connectivity index is 2.04. The smallest absolute Gasteiger partial charge is 0.250 e. The summed E-state index contributed by atoms with van der Waals surface area (Å²) in [5, 5.41) is 0.578. The van der Waals surface area contributed by atoms with Gasteiger partial charge in [0.05, 0.1) is 0 Å². The van der Waals surface area contributed by atoms with E-state index < -0.39 is 3.79 Å². The quantitative estimate of drug-likeness (QED) is 0.764. The Bertz CT molecular complexity index is 726. The maximum absolute atomic E-state index is 6.06. The molecule has 0 spiro atoms. The molecule has 2 aromatic rings. The molecule has 0 amide bonds. The number of nitrogens with zero attached hydrogens (tertiary/aromatic N) is 4. The largest absolute Gasteiger partial charge is 0.341 e. The number of rotatable bonds is 2. The predicted octanol–water partition coefficient (Wildman–Crippen LogP) is 3.95. The van der Waals surface area contributed by atoms with E-state index in [1.807, 2.05) is 17.0 Å². The van der Waals surface area contributed by atoms with Gasteiger partial charge in [-0.3, -0.25) is 0 Å². The summed E-state index contributed by atoms with van der Waals surface area (Å²) < 4.78 is -1.74. The first-order chi connectivity index (χ1) is 11.3. The van der Waals surface area contributed by atoms with Crippen LogP contribution >= 0.6 is 46.4 Å². The minimum atomic E-state index is -1.74. The van der Waals surface area contributed by atoms with Crippen molar-refractivity contribution in [2.24, 2.45) is 5.73 Å². The van der Waals surface area contributed by atoms with Crippen molar-refractivity contribution in [1.82, 2.24) is 15.0 Å². The molecule has 2 heterocycles. The maximum atomic E-state index is 6.06. The molecule has 0 aliphatic carbocycles. The molecule has 5 nitrogen and oxygen atoms in total. The van der Waals surface area contributed by atoms with Crippen molar-refractivity contribution in [1.29, 1.82) is 0 Å². The van der Waals surface area contributed by atoms with E-state index >= 15 is 0 Å². The van der Waals surface area contributed by atoms with E-state index in [0.29, 0.717) is 16.8 Å². The van der Waals surface area contributed by atoms with Crippen LogP contribution in [0.25, 0.3) is 11.4 Å². The molecular weight excluding hydrogens is 392 g/mol. The summed E-state index contributed by atoms with van der Waals surface area (Å²) in [6, 6.07) is 7.39. The molecule has 9 heteroatoms. The fourth-order valence-electron chi connectivity index (χ4n) is 2.49. The van der Waals surface area contributed by atoms with Gasteiger partial charge in [0.2, 0.25) is 9.74 Å². The SMILES string of the molecule is NC1CCN(c2nc(-c3cccc(Cl)c3)nc(C(Cl)(Cl)Cl)n2)CC1. The number of hydrogen-bond acceptors (Lipinski definition) is 5. The lowest BCUT2D eigenvalue weighted by Gasteiger charge is -2.30. The third-order valence-corrected chi connectivity index (χ3v) is 4.52. The predicted molar refractivity (Wildman–Crippen MR) is 98.9 cm³/mol. The highest BCUT2D eigenvalue weighted by Gasteiger charge is 2.30. The number of anilines is 1. The average Bonchev–Trinajstić information content (AvgIpc) is 2.54. The van der Waals surface area contributed by atoms with E-state index in [1.165, 1.54) is 0 Å². The Labute approximate surface area is 160 Å². The van der Waals surface area contributed by atoms with Gasteiger partial charge in [-0.1, -0.05) is 58.5 Å². The van der Waals surface area contributed by atoms with E-state index in [-0.39, 0.29) is 11.9 Å². The average molecular weight is 407 g/mol. The van der Waals surface area contributed by atoms with Crippen molar-refractivity contribution in [3.05, 3.63) is 35.1 Å². The standard InChI is InChI=1S/C15H15Cl4N5/c16-10-3-1-2-9(8-10)12-21-13(15(17,18)19)23-14(22-12)24-6-4-11(20)5-7-24/h1-3,8,11H,4-7,20H2. The van der Waals surface area contributed by atoms with Gasteiger partial charge in [-0.05, 0) is 25.0 Å². The molecule has 1 aromatic carbocycles. The Hall–Kier alpha value is -0.850. The molecule has 3 rings (SSSR count). The van der Waals surface area contributed by atoms with Crippen LogP contribution in [0.2, 0.25) is 5.02 Å². The highest BCUT2D eigenvalue weighted by molar-refractivity contribution is 6.66. The van der Waals surface area contributed by atoms with Crippen molar-refractivity contribution in [2.45, 2.75) is 22.7 Å². The van der Waals surface area contributed by atoms with E-state index in [4.69, 9.17) is 52.1 Å². The molecule has 0 atom stereocenters. The number of piperidine rings is 1. The third kappa shape index (κ3) is 4.21. The molecule has 0 saturated carbocycles. The van der Waals surface area contributed by atoms with Crippen LogP contribution in [0.15, 0.2) is 24.3 Å². The van der Waals surface area contributed by atoms with Gasteiger partial charge in [-0.15, -0.1) is 0 Å². The second kappa shape index (κ2) is 7.18. The zero-order valence-corrected chi connectivity index (χ0v) is 15.6. The Kier molecular flexibility index (Phi) is 5.37. The maximum Gasteiger partial charge on any atom is 0.250 e. The molecule has 1 saturated heterocycles. The van der Waals surface area contributed by atoms with E-state index in [2.05, 4.69) is 15.0 Å². The van der Waals surface area contributed by atoms with Crippen LogP contribution in [-0.4, -0.2) is 34.1 Å².